The average molecular weight is 322 g/mol. The van der Waals surface area contributed by atoms with Crippen molar-refractivity contribution in [2.75, 3.05) is 6.61 Å². The van der Waals surface area contributed by atoms with Crippen LogP contribution in [0.2, 0.25) is 0 Å². The Bertz CT molecular complexity index is 900. The van der Waals surface area contributed by atoms with Crippen molar-refractivity contribution in [1.82, 2.24) is 0 Å². The van der Waals surface area contributed by atoms with Crippen LogP contribution in [0.5, 0.6) is 5.75 Å². The number of carboxylic acids is 1. The molecule has 0 amide bonds. The molecule has 3 aromatic rings. The fourth-order valence-electron chi connectivity index (χ4n) is 3.11. The smallest absolute Gasteiger partial charge is 0.336 e. The SMILES string of the molecule is CC(CO)c1c(C(=O)O)cc2cc(O)ccc2c1-c1ccccc1. The van der Waals surface area contributed by atoms with Crippen LogP contribution in [0.3, 0.4) is 0 Å². The molecule has 4 nitrogen and oxygen atoms in total. The summed E-state index contributed by atoms with van der Waals surface area (Å²) in [7, 11) is 0. The summed E-state index contributed by atoms with van der Waals surface area (Å²) in [5, 5.41) is 30.6. The number of phenolic OH excluding ortho intramolecular Hbond substituents is 1. The number of carboxylic acid groups (broad SMARTS) is 1. The van der Waals surface area contributed by atoms with Crippen LogP contribution in [0.1, 0.15) is 28.8 Å². The quantitative estimate of drug-likeness (QED) is 0.678. The van der Waals surface area contributed by atoms with Crippen molar-refractivity contribution in [3.63, 3.8) is 0 Å². The molecule has 0 aliphatic heterocycles. The zero-order chi connectivity index (χ0) is 17.3. The van der Waals surface area contributed by atoms with E-state index >= 15 is 0 Å². The van der Waals surface area contributed by atoms with Gasteiger partial charge in [-0.15, -0.1) is 0 Å². The highest BCUT2D eigenvalue weighted by atomic mass is 16.4. The maximum Gasteiger partial charge on any atom is 0.336 e. The highest BCUT2D eigenvalue weighted by Gasteiger charge is 2.23. The van der Waals surface area contributed by atoms with Crippen molar-refractivity contribution in [1.29, 1.82) is 0 Å². The molecule has 24 heavy (non-hydrogen) atoms. The normalized spacial score (nSPS) is 12.2. The highest BCUT2D eigenvalue weighted by molar-refractivity contribution is 6.05. The summed E-state index contributed by atoms with van der Waals surface area (Å²) < 4.78 is 0. The van der Waals surface area contributed by atoms with Crippen LogP contribution in [0, 0.1) is 0 Å². The molecule has 122 valence electrons. The van der Waals surface area contributed by atoms with E-state index in [0.717, 1.165) is 16.5 Å². The van der Waals surface area contributed by atoms with Crippen molar-refractivity contribution >= 4 is 16.7 Å². The van der Waals surface area contributed by atoms with Gasteiger partial charge in [0.1, 0.15) is 5.75 Å². The number of rotatable bonds is 4. The van der Waals surface area contributed by atoms with Gasteiger partial charge in [0.05, 0.1) is 5.56 Å². The van der Waals surface area contributed by atoms with Gasteiger partial charge in [0.25, 0.3) is 0 Å². The van der Waals surface area contributed by atoms with Gasteiger partial charge in [0.15, 0.2) is 0 Å². The largest absolute Gasteiger partial charge is 0.508 e. The Morgan fingerprint density at radius 1 is 1.08 bits per heavy atom. The lowest BCUT2D eigenvalue weighted by molar-refractivity contribution is 0.0695. The van der Waals surface area contributed by atoms with Crippen LogP contribution in [-0.4, -0.2) is 27.9 Å². The Labute approximate surface area is 139 Å². The van der Waals surface area contributed by atoms with Crippen LogP contribution in [0.15, 0.2) is 54.6 Å². The average Bonchev–Trinajstić information content (AvgIpc) is 2.59. The molecule has 3 aromatic carbocycles. The van der Waals surface area contributed by atoms with Gasteiger partial charge in [0, 0.05) is 12.5 Å². The molecule has 0 aliphatic rings. The molecule has 0 heterocycles. The maximum absolute atomic E-state index is 11.8. The van der Waals surface area contributed by atoms with Gasteiger partial charge < -0.3 is 15.3 Å². The summed E-state index contributed by atoms with van der Waals surface area (Å²) in [6.07, 6.45) is 0. The van der Waals surface area contributed by atoms with Crippen molar-refractivity contribution in [2.45, 2.75) is 12.8 Å². The number of hydrogen-bond donors (Lipinski definition) is 3. The standard InChI is InChI=1S/C20H18O4/c1-12(11-21)18-17(20(23)24)10-14-9-15(22)7-8-16(14)19(18)13-5-3-2-4-6-13/h2-10,12,21-22H,11H2,1H3,(H,23,24). The molecule has 4 heteroatoms. The van der Waals surface area contributed by atoms with Crippen LogP contribution in [-0.2, 0) is 0 Å². The molecule has 0 radical (unpaired) electrons. The van der Waals surface area contributed by atoms with E-state index in [9.17, 15) is 20.1 Å². The summed E-state index contributed by atoms with van der Waals surface area (Å²) in [6, 6.07) is 16.0. The lowest BCUT2D eigenvalue weighted by Gasteiger charge is -2.20. The third-order valence-electron chi connectivity index (χ3n) is 4.22. The number of fused-ring (bicyclic) bond motifs is 1. The number of aromatic carboxylic acids is 1. The fourth-order valence-corrected chi connectivity index (χ4v) is 3.11. The molecule has 3 rings (SSSR count). The molecule has 0 bridgehead atoms. The third kappa shape index (κ3) is 2.72. The van der Waals surface area contributed by atoms with E-state index in [-0.39, 0.29) is 23.8 Å². The van der Waals surface area contributed by atoms with Gasteiger partial charge in [0.2, 0.25) is 0 Å². The monoisotopic (exact) mass is 322 g/mol. The zero-order valence-corrected chi connectivity index (χ0v) is 13.2. The van der Waals surface area contributed by atoms with Crippen molar-refractivity contribution in [2.24, 2.45) is 0 Å². The second kappa shape index (κ2) is 6.34. The summed E-state index contributed by atoms with van der Waals surface area (Å²) in [4.78, 5) is 11.8. The first kappa shape index (κ1) is 16.0. The molecule has 0 aliphatic carbocycles. The molecular formula is C20H18O4. The molecule has 0 saturated heterocycles. The van der Waals surface area contributed by atoms with Gasteiger partial charge >= 0.3 is 5.97 Å². The van der Waals surface area contributed by atoms with E-state index in [1.54, 1.807) is 31.2 Å². The van der Waals surface area contributed by atoms with Crippen LogP contribution in [0.25, 0.3) is 21.9 Å². The maximum atomic E-state index is 11.8. The van der Waals surface area contributed by atoms with Gasteiger partial charge in [-0.25, -0.2) is 4.79 Å². The number of hydrogen-bond acceptors (Lipinski definition) is 3. The summed E-state index contributed by atoms with van der Waals surface area (Å²) >= 11 is 0. The minimum absolute atomic E-state index is 0.0841. The van der Waals surface area contributed by atoms with Gasteiger partial charge in [-0.05, 0) is 45.7 Å². The number of aromatic hydroxyl groups is 1. The van der Waals surface area contributed by atoms with Crippen molar-refractivity contribution in [3.05, 3.63) is 65.7 Å². The Hall–Kier alpha value is -2.85. The van der Waals surface area contributed by atoms with Gasteiger partial charge in [-0.3, -0.25) is 0 Å². The highest BCUT2D eigenvalue weighted by Crippen LogP contribution is 2.39. The number of benzene rings is 3. The van der Waals surface area contributed by atoms with Gasteiger partial charge in [-0.1, -0.05) is 43.3 Å². The van der Waals surface area contributed by atoms with Gasteiger partial charge in [-0.2, -0.15) is 0 Å². The van der Waals surface area contributed by atoms with Crippen molar-refractivity contribution < 1.29 is 20.1 Å². The number of phenols is 1. The van der Waals surface area contributed by atoms with E-state index in [2.05, 4.69) is 0 Å². The first-order valence-corrected chi connectivity index (χ1v) is 7.72. The summed E-state index contributed by atoms with van der Waals surface area (Å²) in [6.45, 7) is 1.66. The number of aliphatic hydroxyl groups excluding tert-OH is 1. The second-order valence-corrected chi connectivity index (χ2v) is 5.87. The first-order chi connectivity index (χ1) is 11.5. The molecule has 0 saturated carbocycles. The number of aliphatic hydroxyl groups is 1. The van der Waals surface area contributed by atoms with E-state index in [1.807, 2.05) is 30.3 Å². The van der Waals surface area contributed by atoms with E-state index in [4.69, 9.17) is 0 Å². The molecule has 3 N–H and O–H groups in total. The fraction of sp³-hybridized carbons (Fsp3) is 0.150. The summed E-state index contributed by atoms with van der Waals surface area (Å²) in [5.41, 5.74) is 2.42. The molecule has 1 unspecified atom stereocenters. The van der Waals surface area contributed by atoms with E-state index < -0.39 is 5.97 Å². The van der Waals surface area contributed by atoms with Crippen molar-refractivity contribution in [3.8, 4) is 16.9 Å². The molecular weight excluding hydrogens is 304 g/mol. The minimum atomic E-state index is -1.05. The zero-order valence-electron chi connectivity index (χ0n) is 13.2. The molecule has 0 fully saturated rings. The lowest BCUT2D eigenvalue weighted by atomic mass is 9.84. The Balaban J connectivity index is 2.49. The molecule has 0 aromatic heterocycles. The predicted octanol–water partition coefficient (Wildman–Crippen LogP) is 4.01. The second-order valence-electron chi connectivity index (χ2n) is 5.87. The first-order valence-electron chi connectivity index (χ1n) is 7.72. The van der Waals surface area contributed by atoms with E-state index in [1.165, 1.54) is 0 Å². The Morgan fingerprint density at radius 3 is 2.42 bits per heavy atom. The van der Waals surface area contributed by atoms with Crippen LogP contribution in [0.4, 0.5) is 0 Å². The predicted molar refractivity (Wildman–Crippen MR) is 93.5 cm³/mol. The Morgan fingerprint density at radius 2 is 1.79 bits per heavy atom. The molecule has 1 atom stereocenters. The molecule has 0 spiro atoms. The van der Waals surface area contributed by atoms with Crippen LogP contribution >= 0.6 is 0 Å². The topological polar surface area (TPSA) is 77.8 Å². The lowest BCUT2D eigenvalue weighted by Crippen LogP contribution is -2.10. The summed E-state index contributed by atoms with van der Waals surface area (Å²) in [5.74, 6) is -1.29. The minimum Gasteiger partial charge on any atom is -0.508 e. The number of carbonyl (C=O) groups is 1. The van der Waals surface area contributed by atoms with Crippen LogP contribution < -0.4 is 0 Å². The Kier molecular flexibility index (Phi) is 4.23. The third-order valence-corrected chi connectivity index (χ3v) is 4.22. The van der Waals surface area contributed by atoms with E-state index in [0.29, 0.717) is 10.9 Å².